The maximum Gasteiger partial charge on any atom is 0.138 e. The molecular formula is C8H3BrClFS. The zero-order valence-electron chi connectivity index (χ0n) is 5.77. The van der Waals surface area contributed by atoms with Gasteiger partial charge in [0.2, 0.25) is 0 Å². The van der Waals surface area contributed by atoms with E-state index in [9.17, 15) is 4.39 Å². The largest absolute Gasteiger partial charge is 0.206 e. The van der Waals surface area contributed by atoms with E-state index >= 15 is 0 Å². The minimum Gasteiger partial charge on any atom is -0.206 e. The van der Waals surface area contributed by atoms with Crippen molar-refractivity contribution in [2.45, 2.75) is 0 Å². The molecule has 0 spiro atoms. The highest BCUT2D eigenvalue weighted by Gasteiger charge is 2.04. The van der Waals surface area contributed by atoms with Crippen LogP contribution in [0.2, 0.25) is 4.34 Å². The lowest BCUT2D eigenvalue weighted by Crippen LogP contribution is -1.73. The number of benzene rings is 1. The SMILES string of the molecule is Fc1cc2sc(Cl)cc2cc1Br. The van der Waals surface area contributed by atoms with E-state index in [1.807, 2.05) is 6.07 Å². The molecule has 2 rings (SSSR count). The molecule has 12 heavy (non-hydrogen) atoms. The van der Waals surface area contributed by atoms with E-state index in [-0.39, 0.29) is 5.82 Å². The van der Waals surface area contributed by atoms with Crippen LogP contribution in [0.3, 0.4) is 0 Å². The molecule has 0 aliphatic rings. The fraction of sp³-hybridized carbons (Fsp3) is 0. The van der Waals surface area contributed by atoms with Gasteiger partial charge in [-0.1, -0.05) is 11.6 Å². The number of thiophene rings is 1. The van der Waals surface area contributed by atoms with Crippen LogP contribution in [-0.4, -0.2) is 0 Å². The molecule has 4 heteroatoms. The Kier molecular flexibility index (Phi) is 2.10. The van der Waals surface area contributed by atoms with Gasteiger partial charge in [0.15, 0.2) is 0 Å². The van der Waals surface area contributed by atoms with Gasteiger partial charge in [0.05, 0.1) is 8.81 Å². The third-order valence-corrected chi connectivity index (χ3v) is 3.36. The number of rotatable bonds is 0. The van der Waals surface area contributed by atoms with E-state index in [1.54, 1.807) is 6.07 Å². The maximum absolute atomic E-state index is 13.0. The summed E-state index contributed by atoms with van der Waals surface area (Å²) in [6.07, 6.45) is 0. The second-order valence-corrected chi connectivity index (χ2v) is 4.92. The van der Waals surface area contributed by atoms with E-state index in [1.165, 1.54) is 17.4 Å². The summed E-state index contributed by atoms with van der Waals surface area (Å²) in [6.45, 7) is 0. The van der Waals surface area contributed by atoms with Crippen LogP contribution in [0.15, 0.2) is 22.7 Å². The fourth-order valence-corrected chi connectivity index (χ4v) is 2.52. The number of halogens is 3. The van der Waals surface area contributed by atoms with Crippen LogP contribution in [0.1, 0.15) is 0 Å². The third-order valence-electron chi connectivity index (χ3n) is 1.53. The van der Waals surface area contributed by atoms with E-state index in [4.69, 9.17) is 11.6 Å². The molecule has 0 saturated carbocycles. The van der Waals surface area contributed by atoms with Gasteiger partial charge in [-0.2, -0.15) is 0 Å². The second kappa shape index (κ2) is 2.98. The summed E-state index contributed by atoms with van der Waals surface area (Å²) in [5, 5.41) is 0.971. The van der Waals surface area contributed by atoms with Gasteiger partial charge >= 0.3 is 0 Å². The van der Waals surface area contributed by atoms with Crippen molar-refractivity contribution in [2.24, 2.45) is 0 Å². The minimum atomic E-state index is -0.249. The Morgan fingerprint density at radius 3 is 2.83 bits per heavy atom. The monoisotopic (exact) mass is 264 g/mol. The van der Waals surface area contributed by atoms with E-state index < -0.39 is 0 Å². The van der Waals surface area contributed by atoms with Gasteiger partial charge in [0.25, 0.3) is 0 Å². The molecule has 1 heterocycles. The molecule has 1 aromatic heterocycles. The van der Waals surface area contributed by atoms with Gasteiger partial charge in [-0.3, -0.25) is 0 Å². The summed E-state index contributed by atoms with van der Waals surface area (Å²) in [4.78, 5) is 0. The molecule has 0 bridgehead atoms. The number of hydrogen-bond acceptors (Lipinski definition) is 1. The van der Waals surface area contributed by atoms with Gasteiger partial charge in [-0.15, -0.1) is 11.3 Å². The lowest BCUT2D eigenvalue weighted by atomic mass is 10.3. The summed E-state index contributed by atoms with van der Waals surface area (Å²) in [6, 6.07) is 5.04. The van der Waals surface area contributed by atoms with Crippen molar-refractivity contribution in [1.82, 2.24) is 0 Å². The first kappa shape index (κ1) is 8.48. The highest BCUT2D eigenvalue weighted by Crippen LogP contribution is 2.32. The minimum absolute atomic E-state index is 0.249. The van der Waals surface area contributed by atoms with Gasteiger partial charge in [-0.05, 0) is 39.5 Å². The Hall–Kier alpha value is -0.120. The van der Waals surface area contributed by atoms with Crippen molar-refractivity contribution in [1.29, 1.82) is 0 Å². The Morgan fingerprint density at radius 2 is 2.08 bits per heavy atom. The molecule has 62 valence electrons. The van der Waals surface area contributed by atoms with Crippen molar-refractivity contribution < 1.29 is 4.39 Å². The normalized spacial score (nSPS) is 10.9. The lowest BCUT2D eigenvalue weighted by molar-refractivity contribution is 0.623. The fourth-order valence-electron chi connectivity index (χ4n) is 1.00. The molecule has 1 aromatic carbocycles. The van der Waals surface area contributed by atoms with Gasteiger partial charge in [0, 0.05) is 4.70 Å². The average molecular weight is 266 g/mol. The van der Waals surface area contributed by atoms with Crippen molar-refractivity contribution >= 4 is 49.0 Å². The molecule has 0 aliphatic carbocycles. The number of fused-ring (bicyclic) bond motifs is 1. The average Bonchev–Trinajstić information content (AvgIpc) is 2.30. The summed E-state index contributed by atoms with van der Waals surface area (Å²) < 4.78 is 15.0. The Morgan fingerprint density at radius 1 is 1.33 bits per heavy atom. The smallest absolute Gasteiger partial charge is 0.138 e. The molecule has 0 aliphatic heterocycles. The molecule has 0 N–H and O–H groups in total. The quantitative estimate of drug-likeness (QED) is 0.660. The van der Waals surface area contributed by atoms with Crippen molar-refractivity contribution in [3.63, 3.8) is 0 Å². The first-order valence-electron chi connectivity index (χ1n) is 3.21. The van der Waals surface area contributed by atoms with Crippen molar-refractivity contribution in [3.8, 4) is 0 Å². The maximum atomic E-state index is 13.0. The van der Waals surface area contributed by atoms with Gasteiger partial charge < -0.3 is 0 Å². The standard InChI is InChI=1S/C8H3BrClFS/c9-5-1-4-2-8(10)12-7(4)3-6(5)11/h1-3H. The first-order valence-corrected chi connectivity index (χ1v) is 5.19. The Labute approximate surface area is 86.1 Å². The van der Waals surface area contributed by atoms with Crippen LogP contribution in [0.5, 0.6) is 0 Å². The van der Waals surface area contributed by atoms with Crippen LogP contribution in [0, 0.1) is 5.82 Å². The molecule has 2 aromatic rings. The van der Waals surface area contributed by atoms with E-state index in [0.717, 1.165) is 10.1 Å². The first-order chi connectivity index (χ1) is 5.66. The predicted octanol–water partition coefficient (Wildman–Crippen LogP) is 4.46. The zero-order chi connectivity index (χ0) is 8.72. The van der Waals surface area contributed by atoms with Gasteiger partial charge in [-0.25, -0.2) is 4.39 Å². The summed E-state index contributed by atoms with van der Waals surface area (Å²) in [7, 11) is 0. The Bertz CT molecular complexity index is 399. The molecule has 0 nitrogen and oxygen atoms in total. The molecule has 0 unspecified atom stereocenters. The molecule has 0 saturated heterocycles. The topological polar surface area (TPSA) is 0 Å². The summed E-state index contributed by atoms with van der Waals surface area (Å²) in [5.74, 6) is -0.249. The van der Waals surface area contributed by atoms with Crippen molar-refractivity contribution in [3.05, 3.63) is 32.8 Å². The highest BCUT2D eigenvalue weighted by atomic mass is 79.9. The van der Waals surface area contributed by atoms with E-state index in [2.05, 4.69) is 15.9 Å². The van der Waals surface area contributed by atoms with Crippen LogP contribution < -0.4 is 0 Å². The van der Waals surface area contributed by atoms with Crippen molar-refractivity contribution in [2.75, 3.05) is 0 Å². The lowest BCUT2D eigenvalue weighted by Gasteiger charge is -1.92. The number of hydrogen-bond donors (Lipinski definition) is 0. The predicted molar refractivity (Wildman–Crippen MR) is 54.5 cm³/mol. The molecule has 0 fully saturated rings. The van der Waals surface area contributed by atoms with E-state index in [0.29, 0.717) is 8.81 Å². The third kappa shape index (κ3) is 1.37. The van der Waals surface area contributed by atoms with Crippen LogP contribution in [0.4, 0.5) is 4.39 Å². The van der Waals surface area contributed by atoms with Crippen LogP contribution >= 0.6 is 38.9 Å². The summed E-state index contributed by atoms with van der Waals surface area (Å²) in [5.41, 5.74) is 0. The molecular weight excluding hydrogens is 263 g/mol. The molecule has 0 atom stereocenters. The van der Waals surface area contributed by atoms with Gasteiger partial charge in [0.1, 0.15) is 5.82 Å². The Balaban J connectivity index is 2.83. The molecule has 0 amide bonds. The van der Waals surface area contributed by atoms with Crippen LogP contribution in [-0.2, 0) is 0 Å². The van der Waals surface area contributed by atoms with Crippen LogP contribution in [0.25, 0.3) is 10.1 Å². The highest BCUT2D eigenvalue weighted by molar-refractivity contribution is 9.10. The second-order valence-electron chi connectivity index (χ2n) is 2.35. The summed E-state index contributed by atoms with van der Waals surface area (Å²) >= 11 is 10.3. The molecule has 0 radical (unpaired) electrons. The zero-order valence-corrected chi connectivity index (χ0v) is 8.93.